The van der Waals surface area contributed by atoms with Crippen LogP contribution in [-0.2, 0) is 13.0 Å². The largest absolute Gasteiger partial charge is 0.355 e. The lowest BCUT2D eigenvalue weighted by Gasteiger charge is -2.19. The minimum atomic E-state index is 0.155. The normalized spacial score (nSPS) is 12.8. The summed E-state index contributed by atoms with van der Waals surface area (Å²) in [6.45, 7) is 6.67. The van der Waals surface area contributed by atoms with Gasteiger partial charge in [0, 0.05) is 26.1 Å². The van der Waals surface area contributed by atoms with Crippen LogP contribution in [0.1, 0.15) is 37.7 Å². The van der Waals surface area contributed by atoms with E-state index in [0.29, 0.717) is 0 Å². The Bertz CT molecular complexity index is 952. The van der Waals surface area contributed by atoms with Crippen molar-refractivity contribution >= 4 is 28.5 Å². The molecular formula is C23H32N6S. The second kappa shape index (κ2) is 11.6. The summed E-state index contributed by atoms with van der Waals surface area (Å²) >= 11 is 1.86. The number of thioether (sulfide) groups is 1. The lowest BCUT2D eigenvalue weighted by molar-refractivity contribution is 0.619. The van der Waals surface area contributed by atoms with Gasteiger partial charge in [-0.05, 0) is 47.8 Å². The highest BCUT2D eigenvalue weighted by Crippen LogP contribution is 2.20. The van der Waals surface area contributed by atoms with Crippen LogP contribution in [0, 0.1) is 0 Å². The van der Waals surface area contributed by atoms with Crippen LogP contribution < -0.4 is 10.6 Å². The maximum absolute atomic E-state index is 4.79. The highest BCUT2D eigenvalue weighted by molar-refractivity contribution is 7.98. The Hall–Kier alpha value is -2.54. The van der Waals surface area contributed by atoms with Crippen LogP contribution in [0.25, 0.3) is 10.8 Å². The molecule has 0 saturated carbocycles. The number of benzene rings is 2. The maximum atomic E-state index is 4.79. The third-order valence-corrected chi connectivity index (χ3v) is 5.76. The predicted octanol–water partition coefficient (Wildman–Crippen LogP) is 4.04. The zero-order valence-corrected chi connectivity index (χ0v) is 19.0. The first-order valence-corrected chi connectivity index (χ1v) is 12.0. The molecule has 2 aromatic carbocycles. The molecule has 1 unspecified atom stereocenters. The van der Waals surface area contributed by atoms with E-state index >= 15 is 0 Å². The van der Waals surface area contributed by atoms with Crippen LogP contribution in [0.5, 0.6) is 0 Å². The summed E-state index contributed by atoms with van der Waals surface area (Å²) in [5.41, 5.74) is 1.25. The molecule has 0 amide bonds. The van der Waals surface area contributed by atoms with E-state index in [2.05, 4.69) is 88.0 Å². The smallest absolute Gasteiger partial charge is 0.191 e. The van der Waals surface area contributed by atoms with E-state index in [9.17, 15) is 0 Å². The Morgan fingerprint density at radius 1 is 1.20 bits per heavy atom. The molecule has 0 bridgehead atoms. The lowest BCUT2D eigenvalue weighted by Crippen LogP contribution is -2.40. The first-order valence-electron chi connectivity index (χ1n) is 10.6. The van der Waals surface area contributed by atoms with Gasteiger partial charge in [-0.25, -0.2) is 0 Å². The van der Waals surface area contributed by atoms with Gasteiger partial charge >= 0.3 is 0 Å². The first-order chi connectivity index (χ1) is 14.7. The second-order valence-electron chi connectivity index (χ2n) is 7.27. The summed E-state index contributed by atoms with van der Waals surface area (Å²) in [6.07, 6.45) is 5.88. The summed E-state index contributed by atoms with van der Waals surface area (Å²) in [4.78, 5) is 4.79. The Morgan fingerprint density at radius 2 is 2.03 bits per heavy atom. The van der Waals surface area contributed by atoms with Crippen LogP contribution in [0.2, 0.25) is 0 Å². The van der Waals surface area contributed by atoms with Gasteiger partial charge in [0.2, 0.25) is 0 Å². The number of hydrogen-bond acceptors (Lipinski definition) is 4. The SMILES string of the molecule is CCc1nncn1CCNC(=NCCCSC)NC(C)c1ccc2ccccc2c1. The van der Waals surface area contributed by atoms with E-state index in [1.165, 1.54) is 16.3 Å². The minimum absolute atomic E-state index is 0.155. The molecule has 6 nitrogen and oxygen atoms in total. The van der Waals surface area contributed by atoms with E-state index in [1.807, 2.05) is 11.8 Å². The molecule has 30 heavy (non-hydrogen) atoms. The van der Waals surface area contributed by atoms with E-state index in [0.717, 1.165) is 50.0 Å². The van der Waals surface area contributed by atoms with Gasteiger partial charge in [0.15, 0.2) is 5.96 Å². The number of hydrogen-bond donors (Lipinski definition) is 2. The summed E-state index contributed by atoms with van der Waals surface area (Å²) in [5.74, 6) is 2.98. The number of aryl methyl sites for hydroxylation is 1. The number of fused-ring (bicyclic) bond motifs is 1. The topological polar surface area (TPSA) is 67.1 Å². The van der Waals surface area contributed by atoms with E-state index < -0.39 is 0 Å². The van der Waals surface area contributed by atoms with Crippen molar-refractivity contribution in [2.75, 3.05) is 25.1 Å². The molecule has 7 heteroatoms. The van der Waals surface area contributed by atoms with Crippen molar-refractivity contribution in [1.82, 2.24) is 25.4 Å². The summed E-state index contributed by atoms with van der Waals surface area (Å²) in [5, 5.41) is 17.7. The fourth-order valence-corrected chi connectivity index (χ4v) is 3.77. The van der Waals surface area contributed by atoms with Crippen LogP contribution in [-0.4, -0.2) is 45.8 Å². The minimum Gasteiger partial charge on any atom is -0.355 e. The number of rotatable bonds is 10. The number of guanidine groups is 1. The third-order valence-electron chi connectivity index (χ3n) is 5.06. The molecule has 0 radical (unpaired) electrons. The highest BCUT2D eigenvalue weighted by atomic mass is 32.2. The Labute approximate surface area is 183 Å². The maximum Gasteiger partial charge on any atom is 0.191 e. The molecule has 2 N–H and O–H groups in total. The third kappa shape index (κ3) is 6.23. The molecule has 1 aromatic heterocycles. The van der Waals surface area contributed by atoms with Gasteiger partial charge < -0.3 is 15.2 Å². The number of aromatic nitrogens is 3. The average Bonchev–Trinajstić information content (AvgIpc) is 3.23. The van der Waals surface area contributed by atoms with Crippen molar-refractivity contribution in [1.29, 1.82) is 0 Å². The van der Waals surface area contributed by atoms with Crippen molar-refractivity contribution in [2.24, 2.45) is 4.99 Å². The summed E-state index contributed by atoms with van der Waals surface area (Å²) in [7, 11) is 0. The van der Waals surface area contributed by atoms with E-state index in [4.69, 9.17) is 4.99 Å². The fraction of sp³-hybridized carbons (Fsp3) is 0.435. The van der Waals surface area contributed by atoms with Crippen molar-refractivity contribution in [3.8, 4) is 0 Å². The molecule has 0 spiro atoms. The van der Waals surface area contributed by atoms with Gasteiger partial charge in [-0.15, -0.1) is 10.2 Å². The molecule has 1 heterocycles. The summed E-state index contributed by atoms with van der Waals surface area (Å²) in [6, 6.07) is 15.2. The molecule has 0 saturated heterocycles. The Kier molecular flexibility index (Phi) is 8.56. The molecular weight excluding hydrogens is 392 g/mol. The first kappa shape index (κ1) is 22.2. The zero-order chi connectivity index (χ0) is 21.2. The molecule has 160 valence electrons. The van der Waals surface area contributed by atoms with Crippen molar-refractivity contribution < 1.29 is 0 Å². The van der Waals surface area contributed by atoms with Gasteiger partial charge in [0.1, 0.15) is 12.2 Å². The highest BCUT2D eigenvalue weighted by Gasteiger charge is 2.09. The molecule has 0 fully saturated rings. The lowest BCUT2D eigenvalue weighted by atomic mass is 10.0. The Morgan fingerprint density at radius 3 is 2.83 bits per heavy atom. The molecule has 3 rings (SSSR count). The standard InChI is InChI=1S/C23H32N6S/c1-4-22-28-26-17-29(22)14-13-25-23(24-12-7-15-30-3)27-18(2)20-11-10-19-8-5-6-9-21(19)16-20/h5-6,8-11,16-18H,4,7,12-15H2,1-3H3,(H2,24,25,27). The van der Waals surface area contributed by atoms with Gasteiger partial charge in [0.05, 0.1) is 6.04 Å². The van der Waals surface area contributed by atoms with Crippen molar-refractivity contribution in [3.05, 3.63) is 60.2 Å². The zero-order valence-electron chi connectivity index (χ0n) is 18.1. The molecule has 0 aliphatic carbocycles. The van der Waals surface area contributed by atoms with Gasteiger partial charge in [-0.1, -0.05) is 43.3 Å². The molecule has 3 aromatic rings. The van der Waals surface area contributed by atoms with E-state index in [-0.39, 0.29) is 6.04 Å². The van der Waals surface area contributed by atoms with Crippen LogP contribution >= 0.6 is 11.8 Å². The quantitative estimate of drug-likeness (QED) is 0.292. The fourth-order valence-electron chi connectivity index (χ4n) is 3.35. The Balaban J connectivity index is 1.64. The van der Waals surface area contributed by atoms with Crippen molar-refractivity contribution in [3.63, 3.8) is 0 Å². The average molecular weight is 425 g/mol. The monoisotopic (exact) mass is 424 g/mol. The predicted molar refractivity (Wildman–Crippen MR) is 128 cm³/mol. The number of aliphatic imine (C=N–C) groups is 1. The van der Waals surface area contributed by atoms with Crippen LogP contribution in [0.3, 0.4) is 0 Å². The van der Waals surface area contributed by atoms with Gasteiger partial charge in [-0.2, -0.15) is 11.8 Å². The molecule has 1 atom stereocenters. The molecule has 0 aliphatic heterocycles. The van der Waals surface area contributed by atoms with Crippen LogP contribution in [0.15, 0.2) is 53.8 Å². The van der Waals surface area contributed by atoms with Gasteiger partial charge in [-0.3, -0.25) is 4.99 Å². The van der Waals surface area contributed by atoms with E-state index in [1.54, 1.807) is 6.33 Å². The van der Waals surface area contributed by atoms with Crippen LogP contribution in [0.4, 0.5) is 0 Å². The molecule has 0 aliphatic rings. The number of nitrogens with one attached hydrogen (secondary N) is 2. The van der Waals surface area contributed by atoms with Crippen molar-refractivity contribution in [2.45, 2.75) is 39.3 Å². The number of nitrogens with zero attached hydrogens (tertiary/aromatic N) is 4. The summed E-state index contributed by atoms with van der Waals surface area (Å²) < 4.78 is 2.09. The second-order valence-corrected chi connectivity index (χ2v) is 8.26. The van der Waals surface area contributed by atoms with Gasteiger partial charge in [0.25, 0.3) is 0 Å².